The number of aliphatic hydroxyl groups is 1. The predicted octanol–water partition coefficient (Wildman–Crippen LogP) is 2.74. The maximum Gasteiger partial charge on any atom is 0.127 e. The Bertz CT molecular complexity index is 556. The molecule has 1 N–H and O–H groups in total. The van der Waals surface area contributed by atoms with Crippen LogP contribution in [0, 0.1) is 5.41 Å². The minimum absolute atomic E-state index is 0.0977. The normalized spacial score (nSPS) is 16.4. The van der Waals surface area contributed by atoms with Crippen LogP contribution >= 0.6 is 0 Å². The number of rotatable bonds is 5. The van der Waals surface area contributed by atoms with Crippen LogP contribution in [0.15, 0.2) is 54.6 Å². The van der Waals surface area contributed by atoms with E-state index in [0.717, 1.165) is 16.9 Å². The summed E-state index contributed by atoms with van der Waals surface area (Å²) in [4.78, 5) is 0. The van der Waals surface area contributed by atoms with Gasteiger partial charge in [-0.05, 0) is 11.6 Å². The Labute approximate surface area is 118 Å². The van der Waals surface area contributed by atoms with Crippen LogP contribution in [-0.2, 0) is 4.74 Å². The van der Waals surface area contributed by atoms with Gasteiger partial charge in [0.15, 0.2) is 0 Å². The summed E-state index contributed by atoms with van der Waals surface area (Å²) in [5, 5.41) is 9.44. The van der Waals surface area contributed by atoms with Crippen molar-refractivity contribution >= 4 is 0 Å². The number of hydrogen-bond donors (Lipinski definition) is 1. The highest BCUT2D eigenvalue weighted by Crippen LogP contribution is 2.33. The van der Waals surface area contributed by atoms with Gasteiger partial charge in [0.25, 0.3) is 0 Å². The highest BCUT2D eigenvalue weighted by atomic mass is 16.5. The summed E-state index contributed by atoms with van der Waals surface area (Å²) in [7, 11) is 0. The van der Waals surface area contributed by atoms with E-state index in [1.165, 1.54) is 0 Å². The van der Waals surface area contributed by atoms with Crippen molar-refractivity contribution in [3.63, 3.8) is 0 Å². The average Bonchev–Trinajstić information content (AvgIpc) is 2.48. The Balaban J connectivity index is 1.80. The molecular weight excluding hydrogens is 252 g/mol. The molecule has 2 aromatic rings. The largest absolute Gasteiger partial charge is 0.492 e. The van der Waals surface area contributed by atoms with Gasteiger partial charge in [-0.25, -0.2) is 0 Å². The summed E-state index contributed by atoms with van der Waals surface area (Å²) in [6.45, 7) is 1.71. The van der Waals surface area contributed by atoms with Gasteiger partial charge >= 0.3 is 0 Å². The Morgan fingerprint density at radius 2 is 1.70 bits per heavy atom. The molecule has 0 radical (unpaired) electrons. The van der Waals surface area contributed by atoms with Crippen molar-refractivity contribution < 1.29 is 14.6 Å². The van der Waals surface area contributed by atoms with Gasteiger partial charge in [-0.15, -0.1) is 0 Å². The lowest BCUT2D eigenvalue weighted by molar-refractivity contribution is -0.153. The molecule has 1 aliphatic heterocycles. The molecule has 3 nitrogen and oxygen atoms in total. The van der Waals surface area contributed by atoms with E-state index in [0.29, 0.717) is 19.8 Å². The van der Waals surface area contributed by atoms with Crippen molar-refractivity contribution in [2.75, 3.05) is 26.4 Å². The molecule has 1 aliphatic rings. The van der Waals surface area contributed by atoms with Gasteiger partial charge in [0.2, 0.25) is 0 Å². The molecule has 1 fully saturated rings. The Kier molecular flexibility index (Phi) is 3.72. The molecule has 0 aromatic heterocycles. The van der Waals surface area contributed by atoms with E-state index >= 15 is 0 Å². The predicted molar refractivity (Wildman–Crippen MR) is 77.7 cm³/mol. The molecule has 1 saturated heterocycles. The third kappa shape index (κ3) is 2.55. The molecule has 0 amide bonds. The Morgan fingerprint density at radius 1 is 1.00 bits per heavy atom. The van der Waals surface area contributed by atoms with Gasteiger partial charge in [-0.3, -0.25) is 0 Å². The molecule has 3 heteroatoms. The van der Waals surface area contributed by atoms with Crippen molar-refractivity contribution in [2.24, 2.45) is 5.41 Å². The molecule has 0 spiro atoms. The fourth-order valence-corrected chi connectivity index (χ4v) is 2.29. The van der Waals surface area contributed by atoms with E-state index in [1.807, 2.05) is 42.5 Å². The molecule has 20 heavy (non-hydrogen) atoms. The van der Waals surface area contributed by atoms with E-state index in [4.69, 9.17) is 9.47 Å². The number of benzene rings is 2. The first-order chi connectivity index (χ1) is 9.83. The van der Waals surface area contributed by atoms with Gasteiger partial charge in [-0.2, -0.15) is 0 Å². The van der Waals surface area contributed by atoms with Gasteiger partial charge in [0, 0.05) is 5.56 Å². The quantitative estimate of drug-likeness (QED) is 0.908. The molecule has 2 aromatic carbocycles. The minimum Gasteiger partial charge on any atom is -0.492 e. The van der Waals surface area contributed by atoms with E-state index < -0.39 is 0 Å². The number of hydrogen-bond acceptors (Lipinski definition) is 3. The van der Waals surface area contributed by atoms with Crippen LogP contribution < -0.4 is 4.74 Å². The third-order valence-electron chi connectivity index (χ3n) is 3.66. The summed E-state index contributed by atoms with van der Waals surface area (Å²) in [6, 6.07) is 18.1. The maximum absolute atomic E-state index is 9.44. The number of para-hydroxylation sites is 1. The second-order valence-electron chi connectivity index (χ2n) is 5.30. The summed E-state index contributed by atoms with van der Waals surface area (Å²) in [6.07, 6.45) is 0. The standard InChI is InChI=1S/C17H18O3/c18-10-17(11-19-12-17)13-20-16-9-5-4-8-15(16)14-6-2-1-3-7-14/h1-9,18H,10-13H2. The van der Waals surface area contributed by atoms with Crippen molar-refractivity contribution in [3.8, 4) is 16.9 Å². The smallest absolute Gasteiger partial charge is 0.127 e. The number of aliphatic hydroxyl groups excluding tert-OH is 1. The van der Waals surface area contributed by atoms with Crippen LogP contribution in [0.25, 0.3) is 11.1 Å². The highest BCUT2D eigenvalue weighted by Gasteiger charge is 2.39. The van der Waals surface area contributed by atoms with Gasteiger partial charge in [0.1, 0.15) is 12.4 Å². The summed E-state index contributed by atoms with van der Waals surface area (Å²) in [5.74, 6) is 0.846. The zero-order valence-corrected chi connectivity index (χ0v) is 11.3. The Morgan fingerprint density at radius 3 is 2.35 bits per heavy atom. The third-order valence-corrected chi connectivity index (χ3v) is 3.66. The van der Waals surface area contributed by atoms with Gasteiger partial charge in [0.05, 0.1) is 25.2 Å². The zero-order chi connectivity index (χ0) is 13.8. The first-order valence-electron chi connectivity index (χ1n) is 6.79. The lowest BCUT2D eigenvalue weighted by Crippen LogP contribution is -2.49. The van der Waals surface area contributed by atoms with Crippen LogP contribution in [0.3, 0.4) is 0 Å². The van der Waals surface area contributed by atoms with E-state index in [1.54, 1.807) is 0 Å². The SMILES string of the molecule is OCC1(COc2ccccc2-c2ccccc2)COC1. The summed E-state index contributed by atoms with van der Waals surface area (Å²) in [5.41, 5.74) is 1.97. The molecule has 1 heterocycles. The molecule has 0 bridgehead atoms. The summed E-state index contributed by atoms with van der Waals surface area (Å²) < 4.78 is 11.1. The fourth-order valence-electron chi connectivity index (χ4n) is 2.29. The first-order valence-corrected chi connectivity index (χ1v) is 6.79. The molecule has 3 rings (SSSR count). The monoisotopic (exact) mass is 270 g/mol. The lowest BCUT2D eigenvalue weighted by atomic mass is 9.88. The molecule has 0 atom stereocenters. The second kappa shape index (κ2) is 5.65. The lowest BCUT2D eigenvalue weighted by Gasteiger charge is -2.39. The van der Waals surface area contributed by atoms with Crippen molar-refractivity contribution in [1.82, 2.24) is 0 Å². The van der Waals surface area contributed by atoms with E-state index in [2.05, 4.69) is 12.1 Å². The highest BCUT2D eigenvalue weighted by molar-refractivity contribution is 5.70. The van der Waals surface area contributed by atoms with Crippen molar-refractivity contribution in [2.45, 2.75) is 0 Å². The van der Waals surface area contributed by atoms with Crippen molar-refractivity contribution in [1.29, 1.82) is 0 Å². The Hall–Kier alpha value is -1.84. The first kappa shape index (κ1) is 13.2. The van der Waals surface area contributed by atoms with Crippen LogP contribution in [0.2, 0.25) is 0 Å². The molecule has 0 saturated carbocycles. The van der Waals surface area contributed by atoms with Crippen LogP contribution in [-0.4, -0.2) is 31.5 Å². The number of ether oxygens (including phenoxy) is 2. The summed E-state index contributed by atoms with van der Waals surface area (Å²) >= 11 is 0. The topological polar surface area (TPSA) is 38.7 Å². The molecule has 0 aliphatic carbocycles. The average molecular weight is 270 g/mol. The molecular formula is C17H18O3. The zero-order valence-electron chi connectivity index (χ0n) is 11.3. The minimum atomic E-state index is -0.232. The second-order valence-corrected chi connectivity index (χ2v) is 5.30. The fraction of sp³-hybridized carbons (Fsp3) is 0.294. The van der Waals surface area contributed by atoms with Gasteiger partial charge < -0.3 is 14.6 Å². The van der Waals surface area contributed by atoms with Crippen LogP contribution in [0.1, 0.15) is 0 Å². The van der Waals surface area contributed by atoms with E-state index in [9.17, 15) is 5.11 Å². The van der Waals surface area contributed by atoms with Crippen molar-refractivity contribution in [3.05, 3.63) is 54.6 Å². The molecule has 104 valence electrons. The van der Waals surface area contributed by atoms with Crippen LogP contribution in [0.4, 0.5) is 0 Å². The molecule has 0 unspecified atom stereocenters. The van der Waals surface area contributed by atoms with E-state index in [-0.39, 0.29) is 12.0 Å². The van der Waals surface area contributed by atoms with Gasteiger partial charge in [-0.1, -0.05) is 48.5 Å². The van der Waals surface area contributed by atoms with Crippen LogP contribution in [0.5, 0.6) is 5.75 Å². The maximum atomic E-state index is 9.44.